The first-order chi connectivity index (χ1) is 6.59. The highest BCUT2D eigenvalue weighted by Gasteiger charge is 2.67. The Labute approximate surface area is 94.3 Å². The zero-order chi connectivity index (χ0) is 11.6. The van der Waals surface area contributed by atoms with Crippen LogP contribution in [0.2, 0.25) is 0 Å². The van der Waals surface area contributed by atoms with Gasteiger partial charge in [-0.05, 0) is 48.3 Å². The summed E-state index contributed by atoms with van der Waals surface area (Å²) < 4.78 is 0. The molecule has 15 heavy (non-hydrogen) atoms. The first kappa shape index (κ1) is 11.4. The van der Waals surface area contributed by atoms with Gasteiger partial charge in [-0.25, -0.2) is 0 Å². The van der Waals surface area contributed by atoms with Crippen molar-refractivity contribution in [3.63, 3.8) is 0 Å². The van der Waals surface area contributed by atoms with Crippen LogP contribution in [0, 0.1) is 28.6 Å². The van der Waals surface area contributed by atoms with Gasteiger partial charge in [-0.3, -0.25) is 0 Å². The summed E-state index contributed by atoms with van der Waals surface area (Å²) in [6.07, 6.45) is 2.29. The SMILES string of the molecule is CC1CC(C)(O)C2C(C(C)(C)C)CC12C. The third-order valence-electron chi connectivity index (χ3n) is 5.40. The molecule has 0 saturated heterocycles. The maximum Gasteiger partial charge on any atom is 0.0658 e. The van der Waals surface area contributed by atoms with E-state index < -0.39 is 5.60 Å². The zero-order valence-electron chi connectivity index (χ0n) is 11.1. The second kappa shape index (κ2) is 2.80. The lowest BCUT2D eigenvalue weighted by Gasteiger charge is -2.59. The fourth-order valence-electron chi connectivity index (χ4n) is 4.46. The van der Waals surface area contributed by atoms with Crippen LogP contribution in [0.4, 0.5) is 0 Å². The molecule has 0 spiro atoms. The summed E-state index contributed by atoms with van der Waals surface area (Å²) in [5, 5.41) is 10.6. The monoisotopic (exact) mass is 210 g/mol. The van der Waals surface area contributed by atoms with Crippen molar-refractivity contribution >= 4 is 0 Å². The minimum Gasteiger partial charge on any atom is -0.390 e. The summed E-state index contributed by atoms with van der Waals surface area (Å²) >= 11 is 0. The van der Waals surface area contributed by atoms with Gasteiger partial charge in [0.15, 0.2) is 0 Å². The largest absolute Gasteiger partial charge is 0.390 e. The first-order valence-corrected chi connectivity index (χ1v) is 6.31. The van der Waals surface area contributed by atoms with E-state index in [1.807, 2.05) is 0 Å². The Bertz CT molecular complexity index is 274. The third-order valence-corrected chi connectivity index (χ3v) is 5.40. The van der Waals surface area contributed by atoms with Crippen molar-refractivity contribution in [3.8, 4) is 0 Å². The molecule has 0 amide bonds. The molecule has 0 heterocycles. The topological polar surface area (TPSA) is 20.2 Å². The normalized spacial score (nSPS) is 55.0. The van der Waals surface area contributed by atoms with E-state index in [0.717, 1.165) is 6.42 Å². The highest BCUT2D eigenvalue weighted by atomic mass is 16.3. The van der Waals surface area contributed by atoms with Crippen molar-refractivity contribution in [2.24, 2.45) is 28.6 Å². The molecule has 1 heteroatoms. The summed E-state index contributed by atoms with van der Waals surface area (Å²) in [4.78, 5) is 0. The molecule has 88 valence electrons. The van der Waals surface area contributed by atoms with Crippen LogP contribution in [0.25, 0.3) is 0 Å². The fraction of sp³-hybridized carbons (Fsp3) is 1.00. The number of hydrogen-bond acceptors (Lipinski definition) is 1. The van der Waals surface area contributed by atoms with Gasteiger partial charge in [0.05, 0.1) is 5.60 Å². The van der Waals surface area contributed by atoms with Gasteiger partial charge in [-0.1, -0.05) is 34.6 Å². The lowest BCUT2D eigenvalue weighted by Crippen LogP contribution is -2.56. The molecule has 5 atom stereocenters. The second-order valence-electron chi connectivity index (χ2n) is 7.62. The average Bonchev–Trinajstić information content (AvgIpc) is 2.04. The van der Waals surface area contributed by atoms with E-state index in [2.05, 4.69) is 41.5 Å². The summed E-state index contributed by atoms with van der Waals surface area (Å²) in [6, 6.07) is 0. The quantitative estimate of drug-likeness (QED) is 0.649. The van der Waals surface area contributed by atoms with Crippen LogP contribution in [-0.4, -0.2) is 10.7 Å². The minimum absolute atomic E-state index is 0.345. The number of hydrogen-bond donors (Lipinski definition) is 1. The van der Waals surface area contributed by atoms with Crippen molar-refractivity contribution < 1.29 is 5.11 Å². The molecule has 2 aliphatic rings. The van der Waals surface area contributed by atoms with Crippen LogP contribution in [0.3, 0.4) is 0 Å². The average molecular weight is 210 g/mol. The lowest BCUT2D eigenvalue weighted by atomic mass is 9.46. The van der Waals surface area contributed by atoms with Crippen LogP contribution >= 0.6 is 0 Å². The Kier molecular flexibility index (Phi) is 2.13. The highest BCUT2D eigenvalue weighted by molar-refractivity contribution is 5.16. The molecule has 2 saturated carbocycles. The van der Waals surface area contributed by atoms with Gasteiger partial charge >= 0.3 is 0 Å². The summed E-state index contributed by atoms with van der Waals surface area (Å²) in [5.41, 5.74) is 0.323. The van der Waals surface area contributed by atoms with Crippen LogP contribution in [-0.2, 0) is 0 Å². The molecule has 0 aromatic carbocycles. The molecule has 0 bridgehead atoms. The van der Waals surface area contributed by atoms with Crippen LogP contribution in [0.5, 0.6) is 0 Å². The van der Waals surface area contributed by atoms with Crippen LogP contribution in [0.15, 0.2) is 0 Å². The Morgan fingerprint density at radius 2 is 1.67 bits per heavy atom. The highest BCUT2D eigenvalue weighted by Crippen LogP contribution is 2.70. The molecular formula is C14H26O. The summed E-state index contributed by atoms with van der Waals surface area (Å²) in [5.74, 6) is 1.89. The van der Waals surface area contributed by atoms with E-state index in [1.165, 1.54) is 6.42 Å². The summed E-state index contributed by atoms with van der Waals surface area (Å²) in [6.45, 7) is 13.7. The van der Waals surface area contributed by atoms with Crippen molar-refractivity contribution in [3.05, 3.63) is 0 Å². The van der Waals surface area contributed by atoms with E-state index in [4.69, 9.17) is 0 Å². The Hall–Kier alpha value is -0.0400. The van der Waals surface area contributed by atoms with E-state index >= 15 is 0 Å². The molecule has 0 aliphatic heterocycles. The molecule has 2 fully saturated rings. The number of rotatable bonds is 0. The molecule has 0 aromatic heterocycles. The maximum atomic E-state index is 10.6. The van der Waals surface area contributed by atoms with Crippen molar-refractivity contribution in [2.75, 3.05) is 0 Å². The third kappa shape index (κ3) is 1.39. The summed E-state index contributed by atoms with van der Waals surface area (Å²) in [7, 11) is 0. The van der Waals surface area contributed by atoms with Gasteiger partial charge in [0, 0.05) is 0 Å². The second-order valence-corrected chi connectivity index (χ2v) is 7.62. The molecule has 5 unspecified atom stereocenters. The Balaban J connectivity index is 2.29. The van der Waals surface area contributed by atoms with Crippen molar-refractivity contribution in [1.29, 1.82) is 0 Å². The van der Waals surface area contributed by atoms with Crippen LogP contribution in [0.1, 0.15) is 54.4 Å². The van der Waals surface area contributed by atoms with Gasteiger partial charge in [0.25, 0.3) is 0 Å². The molecule has 2 rings (SSSR count). The van der Waals surface area contributed by atoms with E-state index in [9.17, 15) is 5.11 Å². The molecule has 0 radical (unpaired) electrons. The van der Waals surface area contributed by atoms with Gasteiger partial charge in [-0.15, -0.1) is 0 Å². The predicted molar refractivity (Wildman–Crippen MR) is 63.6 cm³/mol. The smallest absolute Gasteiger partial charge is 0.0658 e. The van der Waals surface area contributed by atoms with Gasteiger partial charge in [0.2, 0.25) is 0 Å². The molecule has 1 nitrogen and oxygen atoms in total. The van der Waals surface area contributed by atoms with E-state index in [1.54, 1.807) is 0 Å². The van der Waals surface area contributed by atoms with Gasteiger partial charge < -0.3 is 5.11 Å². The van der Waals surface area contributed by atoms with Gasteiger partial charge in [0.1, 0.15) is 0 Å². The maximum absolute atomic E-state index is 10.6. The lowest BCUT2D eigenvalue weighted by molar-refractivity contribution is -0.150. The predicted octanol–water partition coefficient (Wildman–Crippen LogP) is 3.47. The molecule has 1 N–H and O–H groups in total. The zero-order valence-corrected chi connectivity index (χ0v) is 11.1. The first-order valence-electron chi connectivity index (χ1n) is 6.31. The minimum atomic E-state index is -0.426. The number of fused-ring (bicyclic) bond motifs is 1. The Morgan fingerprint density at radius 1 is 1.13 bits per heavy atom. The van der Waals surface area contributed by atoms with Crippen molar-refractivity contribution in [1.82, 2.24) is 0 Å². The molecule has 0 aromatic rings. The Morgan fingerprint density at radius 3 is 2.07 bits per heavy atom. The molecule has 2 aliphatic carbocycles. The van der Waals surface area contributed by atoms with E-state index in [-0.39, 0.29) is 0 Å². The fourth-order valence-corrected chi connectivity index (χ4v) is 4.46. The van der Waals surface area contributed by atoms with Crippen molar-refractivity contribution in [2.45, 2.75) is 60.0 Å². The number of aliphatic hydroxyl groups is 1. The van der Waals surface area contributed by atoms with E-state index in [0.29, 0.717) is 28.6 Å². The van der Waals surface area contributed by atoms with Gasteiger partial charge in [-0.2, -0.15) is 0 Å². The molecular weight excluding hydrogens is 184 g/mol. The standard InChI is InChI=1S/C14H26O/c1-9-7-14(6,15)11-10(12(2,3)4)8-13(9,11)5/h9-11,15H,7-8H2,1-6H3. The van der Waals surface area contributed by atoms with Crippen LogP contribution < -0.4 is 0 Å².